The van der Waals surface area contributed by atoms with Crippen molar-refractivity contribution in [3.8, 4) is 0 Å². The van der Waals surface area contributed by atoms with Crippen molar-refractivity contribution >= 4 is 0 Å². The summed E-state index contributed by atoms with van der Waals surface area (Å²) in [6, 6.07) is 4.87. The van der Waals surface area contributed by atoms with Crippen LogP contribution in [-0.2, 0) is 6.42 Å². The molecule has 0 spiro atoms. The summed E-state index contributed by atoms with van der Waals surface area (Å²) in [5.74, 6) is 1.44. The number of hydrogen-bond donors (Lipinski definition) is 1. The van der Waals surface area contributed by atoms with Crippen LogP contribution in [-0.4, -0.2) is 0 Å². The molecule has 1 aliphatic carbocycles. The Balaban J connectivity index is 2.50. The van der Waals surface area contributed by atoms with Gasteiger partial charge in [-0.25, -0.2) is 0 Å². The predicted molar refractivity (Wildman–Crippen MR) is 65.3 cm³/mol. The van der Waals surface area contributed by atoms with Gasteiger partial charge in [0.05, 0.1) is 0 Å². The minimum absolute atomic E-state index is 0.161. The number of hydrogen-bond acceptors (Lipinski definition) is 1. The summed E-state index contributed by atoms with van der Waals surface area (Å²) >= 11 is 0. The lowest BCUT2D eigenvalue weighted by atomic mass is 9.68. The average molecular weight is 203 g/mol. The maximum absolute atomic E-state index is 6.01. The van der Waals surface area contributed by atoms with Crippen molar-refractivity contribution in [3.05, 3.63) is 34.4 Å². The van der Waals surface area contributed by atoms with E-state index in [1.807, 2.05) is 0 Å². The van der Waals surface area contributed by atoms with Gasteiger partial charge in [-0.1, -0.05) is 32.9 Å². The lowest BCUT2D eigenvalue weighted by Gasteiger charge is -2.36. The second kappa shape index (κ2) is 3.64. The predicted octanol–water partition coefficient (Wildman–Crippen LogP) is 3.49. The summed E-state index contributed by atoms with van der Waals surface area (Å²) in [6.07, 6.45) is 1.09. The Kier molecular flexibility index (Phi) is 2.59. The molecule has 0 fully saturated rings. The van der Waals surface area contributed by atoms with Gasteiger partial charge in [-0.3, -0.25) is 0 Å². The van der Waals surface area contributed by atoms with E-state index in [9.17, 15) is 0 Å². The molecule has 0 aromatic heterocycles. The van der Waals surface area contributed by atoms with E-state index in [2.05, 4.69) is 39.8 Å². The molecule has 1 nitrogen and oxygen atoms in total. The molecule has 1 aromatic carbocycles. The van der Waals surface area contributed by atoms with E-state index in [0.717, 1.165) is 12.3 Å². The Labute approximate surface area is 92.7 Å². The first-order valence-corrected chi connectivity index (χ1v) is 5.98. The Bertz CT molecular complexity index is 379. The number of nitrogens with two attached hydrogens (primary N) is 1. The molecule has 0 saturated carbocycles. The summed E-state index contributed by atoms with van der Waals surface area (Å²) in [6.45, 7) is 8.91. The van der Waals surface area contributed by atoms with E-state index >= 15 is 0 Å². The fourth-order valence-corrected chi connectivity index (χ4v) is 2.66. The average Bonchev–Trinajstić information content (AvgIpc) is 2.25. The van der Waals surface area contributed by atoms with Crippen molar-refractivity contribution in [3.63, 3.8) is 0 Å². The highest BCUT2D eigenvalue weighted by Crippen LogP contribution is 2.47. The van der Waals surface area contributed by atoms with Crippen molar-refractivity contribution in [1.29, 1.82) is 0 Å². The zero-order valence-corrected chi connectivity index (χ0v) is 10.2. The fraction of sp³-hybridized carbons (Fsp3) is 0.571. The smallest absolute Gasteiger partial charge is 0.0268 e. The molecule has 0 amide bonds. The van der Waals surface area contributed by atoms with Gasteiger partial charge in [-0.15, -0.1) is 0 Å². The summed E-state index contributed by atoms with van der Waals surface area (Å²) in [5.41, 5.74) is 11.9. The largest absolute Gasteiger partial charge is 0.324 e. The van der Waals surface area contributed by atoms with Gasteiger partial charge in [0.15, 0.2) is 0 Å². The third-order valence-corrected chi connectivity index (χ3v) is 3.95. The van der Waals surface area contributed by atoms with E-state index in [-0.39, 0.29) is 6.04 Å². The first-order chi connectivity index (χ1) is 7.06. The standard InChI is InChI=1S/C14H21N/c1-5-11-6-12-8(2)9(3)13(12)7-14(11)10(4)15/h6-10H,5,15H2,1-4H3. The molecule has 0 radical (unpaired) electrons. The molecule has 3 unspecified atom stereocenters. The van der Waals surface area contributed by atoms with Gasteiger partial charge >= 0.3 is 0 Å². The Morgan fingerprint density at radius 1 is 1.20 bits per heavy atom. The lowest BCUT2D eigenvalue weighted by Crippen LogP contribution is -2.22. The first kappa shape index (κ1) is 10.7. The highest BCUT2D eigenvalue weighted by atomic mass is 14.6. The van der Waals surface area contributed by atoms with Crippen molar-refractivity contribution in [2.24, 2.45) is 5.73 Å². The van der Waals surface area contributed by atoms with Crippen molar-refractivity contribution in [1.82, 2.24) is 0 Å². The SMILES string of the molecule is CCc1cc2c(cc1C(C)N)C(C)C2C. The van der Waals surface area contributed by atoms with Crippen LogP contribution in [0.15, 0.2) is 12.1 Å². The molecule has 0 saturated heterocycles. The Morgan fingerprint density at radius 3 is 2.20 bits per heavy atom. The second-order valence-corrected chi connectivity index (χ2v) is 4.90. The normalized spacial score (nSPS) is 25.7. The molecule has 1 aliphatic rings. The molecular weight excluding hydrogens is 182 g/mol. The first-order valence-electron chi connectivity index (χ1n) is 5.98. The quantitative estimate of drug-likeness (QED) is 0.782. The Hall–Kier alpha value is -0.820. The van der Waals surface area contributed by atoms with Gasteiger partial charge < -0.3 is 5.73 Å². The van der Waals surface area contributed by atoms with E-state index in [1.165, 1.54) is 16.7 Å². The molecule has 15 heavy (non-hydrogen) atoms. The van der Waals surface area contributed by atoms with Gasteiger partial charge in [0.1, 0.15) is 0 Å². The van der Waals surface area contributed by atoms with Crippen LogP contribution < -0.4 is 5.73 Å². The summed E-state index contributed by atoms with van der Waals surface area (Å²) in [7, 11) is 0. The van der Waals surface area contributed by atoms with E-state index in [4.69, 9.17) is 5.73 Å². The van der Waals surface area contributed by atoms with Crippen LogP contribution in [0.5, 0.6) is 0 Å². The lowest BCUT2D eigenvalue weighted by molar-refractivity contribution is 0.538. The van der Waals surface area contributed by atoms with Gasteiger partial charge in [0.25, 0.3) is 0 Å². The third kappa shape index (κ3) is 1.50. The maximum Gasteiger partial charge on any atom is 0.0268 e. The van der Waals surface area contributed by atoms with Gasteiger partial charge in [0, 0.05) is 6.04 Å². The molecule has 0 bridgehead atoms. The summed E-state index contributed by atoms with van der Waals surface area (Å²) in [5, 5.41) is 0. The van der Waals surface area contributed by atoms with E-state index < -0.39 is 0 Å². The Morgan fingerprint density at radius 2 is 1.73 bits per heavy atom. The van der Waals surface area contributed by atoms with Gasteiger partial charge in [-0.2, -0.15) is 0 Å². The van der Waals surface area contributed by atoms with E-state index in [1.54, 1.807) is 5.56 Å². The second-order valence-electron chi connectivity index (χ2n) is 4.90. The minimum Gasteiger partial charge on any atom is -0.324 e. The molecule has 1 aromatic rings. The molecule has 82 valence electrons. The van der Waals surface area contributed by atoms with Crippen LogP contribution in [0.4, 0.5) is 0 Å². The molecule has 0 heterocycles. The molecule has 2 N–H and O–H groups in total. The monoisotopic (exact) mass is 203 g/mol. The topological polar surface area (TPSA) is 26.0 Å². The van der Waals surface area contributed by atoms with E-state index in [0.29, 0.717) is 5.92 Å². The third-order valence-electron chi connectivity index (χ3n) is 3.95. The molecule has 3 atom stereocenters. The van der Waals surface area contributed by atoms with Crippen LogP contribution in [0, 0.1) is 0 Å². The number of aryl methyl sites for hydroxylation is 1. The number of benzene rings is 1. The summed E-state index contributed by atoms with van der Waals surface area (Å²) < 4.78 is 0. The van der Waals surface area contributed by atoms with Crippen LogP contribution in [0.1, 0.15) is 67.8 Å². The summed E-state index contributed by atoms with van der Waals surface area (Å²) in [4.78, 5) is 0. The molecule has 1 heteroatoms. The molecular formula is C14H21N. The van der Waals surface area contributed by atoms with Crippen molar-refractivity contribution < 1.29 is 0 Å². The highest BCUT2D eigenvalue weighted by Gasteiger charge is 2.31. The van der Waals surface area contributed by atoms with Crippen LogP contribution in [0.3, 0.4) is 0 Å². The van der Waals surface area contributed by atoms with Gasteiger partial charge in [0.2, 0.25) is 0 Å². The minimum atomic E-state index is 0.161. The van der Waals surface area contributed by atoms with Gasteiger partial charge in [-0.05, 0) is 47.4 Å². The zero-order valence-electron chi connectivity index (χ0n) is 10.2. The zero-order chi connectivity index (χ0) is 11.2. The molecule has 2 rings (SSSR count). The highest BCUT2D eigenvalue weighted by molar-refractivity contribution is 5.50. The fourth-order valence-electron chi connectivity index (χ4n) is 2.66. The maximum atomic E-state index is 6.01. The van der Waals surface area contributed by atoms with Crippen molar-refractivity contribution in [2.45, 2.75) is 52.0 Å². The van der Waals surface area contributed by atoms with Crippen LogP contribution in [0.25, 0.3) is 0 Å². The number of rotatable bonds is 2. The van der Waals surface area contributed by atoms with Crippen LogP contribution in [0.2, 0.25) is 0 Å². The number of fused-ring (bicyclic) bond motifs is 1. The van der Waals surface area contributed by atoms with Crippen LogP contribution >= 0.6 is 0 Å². The molecule has 0 aliphatic heterocycles. The van der Waals surface area contributed by atoms with Crippen molar-refractivity contribution in [2.75, 3.05) is 0 Å².